The van der Waals surface area contributed by atoms with E-state index in [2.05, 4.69) is 10.6 Å². The van der Waals surface area contributed by atoms with Gasteiger partial charge in [0, 0.05) is 30.8 Å². The van der Waals surface area contributed by atoms with E-state index in [0.717, 1.165) is 12.1 Å². The third-order valence-electron chi connectivity index (χ3n) is 8.34. The molecule has 3 heterocycles. The van der Waals surface area contributed by atoms with Crippen LogP contribution in [0.5, 0.6) is 11.5 Å². The SMILES string of the molecule is COC1CC(N2C(=O)c3oc4cc(C(=O)NC5(C)COC5)ccc4c3OCC2(C)C(=O)NCc2cc(F)ccc2O)C1. The molecule has 3 aromatic rings. The number of aromatic hydroxyl groups is 1. The van der Waals surface area contributed by atoms with Crippen molar-refractivity contribution in [1.29, 1.82) is 0 Å². The number of furan rings is 1. The van der Waals surface area contributed by atoms with Gasteiger partial charge in [-0.15, -0.1) is 0 Å². The van der Waals surface area contributed by atoms with E-state index >= 15 is 0 Å². The number of fused-ring (bicyclic) bond motifs is 3. The van der Waals surface area contributed by atoms with Crippen LogP contribution >= 0.6 is 0 Å². The molecule has 0 spiro atoms. The fourth-order valence-electron chi connectivity index (χ4n) is 5.69. The molecule has 1 aliphatic carbocycles. The number of methoxy groups -OCH3 is 1. The molecule has 1 unspecified atom stereocenters. The highest BCUT2D eigenvalue weighted by Gasteiger charge is 2.53. The maximum absolute atomic E-state index is 14.1. The Morgan fingerprint density at radius 2 is 1.90 bits per heavy atom. The van der Waals surface area contributed by atoms with Crippen LogP contribution in [-0.2, 0) is 20.8 Å². The third kappa shape index (κ3) is 4.74. The minimum absolute atomic E-state index is 0.0670. The summed E-state index contributed by atoms with van der Waals surface area (Å²) in [7, 11) is 1.59. The fourth-order valence-corrected chi connectivity index (χ4v) is 5.69. The highest BCUT2D eigenvalue weighted by Crippen LogP contribution is 2.42. The highest BCUT2D eigenvalue weighted by atomic mass is 19.1. The first-order valence-electron chi connectivity index (χ1n) is 13.7. The quantitative estimate of drug-likeness (QED) is 0.387. The number of phenolic OH excluding ortho intramolecular Hbond substituents is 1. The lowest BCUT2D eigenvalue weighted by Gasteiger charge is -2.48. The Kier molecular flexibility index (Phi) is 6.85. The van der Waals surface area contributed by atoms with Crippen LogP contribution in [0.4, 0.5) is 4.39 Å². The number of hydrogen-bond donors (Lipinski definition) is 3. The van der Waals surface area contributed by atoms with Crippen molar-refractivity contribution < 1.29 is 42.5 Å². The number of hydrogen-bond acceptors (Lipinski definition) is 8. The first-order valence-corrected chi connectivity index (χ1v) is 13.7. The van der Waals surface area contributed by atoms with E-state index in [9.17, 15) is 23.9 Å². The summed E-state index contributed by atoms with van der Waals surface area (Å²) < 4.78 is 36.6. The molecule has 42 heavy (non-hydrogen) atoms. The Hall–Kier alpha value is -4.16. The maximum atomic E-state index is 14.1. The zero-order chi connectivity index (χ0) is 29.8. The van der Waals surface area contributed by atoms with E-state index in [4.69, 9.17) is 18.6 Å². The van der Waals surface area contributed by atoms with Crippen LogP contribution in [0.1, 0.15) is 53.2 Å². The largest absolute Gasteiger partial charge is 0.508 e. The number of carbonyl (C=O) groups is 3. The minimum Gasteiger partial charge on any atom is -0.508 e. The molecule has 11 nitrogen and oxygen atoms in total. The van der Waals surface area contributed by atoms with Crippen molar-refractivity contribution in [3.05, 3.63) is 59.1 Å². The van der Waals surface area contributed by atoms with Gasteiger partial charge < -0.3 is 39.3 Å². The molecule has 0 bridgehead atoms. The topological polar surface area (TPSA) is 140 Å². The Morgan fingerprint density at radius 3 is 2.60 bits per heavy atom. The zero-order valence-corrected chi connectivity index (χ0v) is 23.5. The number of ether oxygens (including phenoxy) is 3. The van der Waals surface area contributed by atoms with Crippen molar-refractivity contribution in [2.24, 2.45) is 0 Å². The molecular weight excluding hydrogens is 549 g/mol. The molecule has 3 amide bonds. The molecule has 6 rings (SSSR count). The number of nitrogens with zero attached hydrogens (tertiary/aromatic N) is 1. The van der Waals surface area contributed by atoms with Gasteiger partial charge in [0.1, 0.15) is 23.8 Å². The predicted octanol–water partition coefficient (Wildman–Crippen LogP) is 2.88. The van der Waals surface area contributed by atoms with Gasteiger partial charge in [-0.05, 0) is 63.1 Å². The average Bonchev–Trinajstić information content (AvgIpc) is 3.25. The summed E-state index contributed by atoms with van der Waals surface area (Å²) in [5, 5.41) is 16.3. The zero-order valence-electron chi connectivity index (χ0n) is 23.5. The lowest BCUT2D eigenvalue weighted by Crippen LogP contribution is -2.66. The summed E-state index contributed by atoms with van der Waals surface area (Å²) in [5.41, 5.74) is -1.06. The predicted molar refractivity (Wildman–Crippen MR) is 147 cm³/mol. The lowest BCUT2D eigenvalue weighted by molar-refractivity contribution is -0.138. The summed E-state index contributed by atoms with van der Waals surface area (Å²) in [6.45, 7) is 3.99. The number of phenols is 1. The van der Waals surface area contributed by atoms with E-state index in [0.29, 0.717) is 42.6 Å². The minimum atomic E-state index is -1.47. The molecule has 3 aliphatic rings. The normalized spacial score (nSPS) is 24.6. The smallest absolute Gasteiger partial charge is 0.294 e. The van der Waals surface area contributed by atoms with Crippen molar-refractivity contribution in [2.75, 3.05) is 26.9 Å². The second-order valence-electron chi connectivity index (χ2n) is 11.7. The average molecular weight is 582 g/mol. The molecule has 2 aromatic carbocycles. The van der Waals surface area contributed by atoms with Crippen LogP contribution in [0.25, 0.3) is 11.0 Å². The van der Waals surface area contributed by atoms with Crippen LogP contribution in [-0.4, -0.2) is 77.9 Å². The van der Waals surface area contributed by atoms with Crippen molar-refractivity contribution >= 4 is 28.7 Å². The first-order chi connectivity index (χ1) is 20.0. The molecule has 222 valence electrons. The van der Waals surface area contributed by atoms with Crippen LogP contribution in [0.15, 0.2) is 40.8 Å². The monoisotopic (exact) mass is 581 g/mol. The van der Waals surface area contributed by atoms with E-state index in [1.165, 1.54) is 11.0 Å². The summed E-state index contributed by atoms with van der Waals surface area (Å²) in [6, 6.07) is 7.97. The van der Waals surface area contributed by atoms with Gasteiger partial charge >= 0.3 is 0 Å². The van der Waals surface area contributed by atoms with Gasteiger partial charge in [-0.2, -0.15) is 0 Å². The van der Waals surface area contributed by atoms with Gasteiger partial charge in [0.2, 0.25) is 11.7 Å². The Morgan fingerprint density at radius 1 is 1.14 bits per heavy atom. The van der Waals surface area contributed by atoms with Crippen molar-refractivity contribution in [3.8, 4) is 11.5 Å². The second-order valence-corrected chi connectivity index (χ2v) is 11.7. The van der Waals surface area contributed by atoms with Crippen LogP contribution < -0.4 is 15.4 Å². The molecule has 12 heteroatoms. The number of nitrogens with one attached hydrogen (secondary N) is 2. The summed E-state index contributed by atoms with van der Waals surface area (Å²) >= 11 is 0. The molecule has 1 atom stereocenters. The lowest BCUT2D eigenvalue weighted by atomic mass is 9.83. The first kappa shape index (κ1) is 28.0. The van der Waals surface area contributed by atoms with Gasteiger partial charge in [0.15, 0.2) is 11.3 Å². The Bertz CT molecular complexity index is 1580. The van der Waals surface area contributed by atoms with Crippen molar-refractivity contribution in [2.45, 2.75) is 56.5 Å². The van der Waals surface area contributed by atoms with E-state index in [1.54, 1.807) is 32.2 Å². The van der Waals surface area contributed by atoms with Gasteiger partial charge in [0.05, 0.1) is 30.2 Å². The van der Waals surface area contributed by atoms with E-state index < -0.39 is 28.7 Å². The molecule has 1 saturated carbocycles. The van der Waals surface area contributed by atoms with Crippen LogP contribution in [0, 0.1) is 5.82 Å². The molecule has 2 fully saturated rings. The van der Waals surface area contributed by atoms with Crippen molar-refractivity contribution in [3.63, 3.8) is 0 Å². The van der Waals surface area contributed by atoms with Gasteiger partial charge in [-0.3, -0.25) is 14.4 Å². The molecule has 2 aliphatic heterocycles. The Balaban J connectivity index is 1.30. The highest BCUT2D eigenvalue weighted by molar-refractivity contribution is 6.06. The number of carbonyl (C=O) groups excluding carboxylic acids is 3. The number of amides is 3. The summed E-state index contributed by atoms with van der Waals surface area (Å²) in [6.07, 6.45) is 0.957. The van der Waals surface area contributed by atoms with E-state index in [1.807, 2.05) is 6.92 Å². The molecular formula is C30H32FN3O8. The molecule has 0 radical (unpaired) electrons. The third-order valence-corrected chi connectivity index (χ3v) is 8.34. The molecule has 1 aromatic heterocycles. The second kappa shape index (κ2) is 10.3. The van der Waals surface area contributed by atoms with Crippen molar-refractivity contribution in [1.82, 2.24) is 15.5 Å². The number of rotatable bonds is 7. The number of halogens is 1. The van der Waals surface area contributed by atoms with Gasteiger partial charge in [-0.25, -0.2) is 4.39 Å². The van der Waals surface area contributed by atoms with Gasteiger partial charge in [0.25, 0.3) is 11.8 Å². The maximum Gasteiger partial charge on any atom is 0.294 e. The summed E-state index contributed by atoms with van der Waals surface area (Å²) in [4.78, 5) is 42.2. The van der Waals surface area contributed by atoms with Crippen LogP contribution in [0.3, 0.4) is 0 Å². The number of benzene rings is 2. The molecule has 3 N–H and O–H groups in total. The Labute approximate surface area is 240 Å². The van der Waals surface area contributed by atoms with Gasteiger partial charge in [-0.1, -0.05) is 0 Å². The van der Waals surface area contributed by atoms with E-state index in [-0.39, 0.29) is 54.0 Å². The fraction of sp³-hybridized carbons (Fsp3) is 0.433. The van der Waals surface area contributed by atoms with Crippen LogP contribution in [0.2, 0.25) is 0 Å². The summed E-state index contributed by atoms with van der Waals surface area (Å²) in [5.74, 6) is -1.96. The standard InChI is InChI=1S/C30H32FN3O8/c1-29(13-40-14-29)33-26(36)16-4-6-21-23(9-16)42-25-24(21)41-15-30(2,34(27(25)37)19-10-20(11-19)39-3)28(38)32-12-17-8-18(31)5-7-22(17)35/h4-9,19-20,35H,10-15H2,1-3H3,(H,32,38)(H,33,36). The molecule has 1 saturated heterocycles.